The van der Waals surface area contributed by atoms with Crippen LogP contribution in [0.3, 0.4) is 0 Å². The molecule has 0 aromatic heterocycles. The summed E-state index contributed by atoms with van der Waals surface area (Å²) in [5, 5.41) is 10.8. The molecule has 3 fully saturated rings. The first kappa shape index (κ1) is 23.6. The lowest BCUT2D eigenvalue weighted by Crippen LogP contribution is -2.58. The van der Waals surface area contributed by atoms with Gasteiger partial charge in [0.25, 0.3) is 0 Å². The zero-order valence-electron chi connectivity index (χ0n) is 21.9. The molecule has 4 aliphatic carbocycles. The zero-order valence-corrected chi connectivity index (χ0v) is 21.9. The number of aliphatic hydroxyl groups is 1. The van der Waals surface area contributed by atoms with Crippen molar-refractivity contribution in [2.24, 2.45) is 45.3 Å². The molecular formula is C30H50O. The van der Waals surface area contributed by atoms with Crippen LogP contribution in [0.4, 0.5) is 0 Å². The Bertz CT molecular complexity index is 754. The van der Waals surface area contributed by atoms with Gasteiger partial charge >= 0.3 is 0 Å². The Morgan fingerprint density at radius 1 is 1.06 bits per heavy atom. The van der Waals surface area contributed by atoms with E-state index in [1.54, 1.807) is 0 Å². The van der Waals surface area contributed by atoms with Gasteiger partial charge in [0.2, 0.25) is 0 Å². The Balaban J connectivity index is 1.62. The van der Waals surface area contributed by atoms with E-state index in [1.807, 2.05) is 5.57 Å². The highest BCUT2D eigenvalue weighted by molar-refractivity contribution is 5.33. The Kier molecular flexibility index (Phi) is 5.90. The summed E-state index contributed by atoms with van der Waals surface area (Å²) in [4.78, 5) is 0. The van der Waals surface area contributed by atoms with Gasteiger partial charge in [0.15, 0.2) is 0 Å². The molecule has 0 aromatic rings. The third-order valence-electron chi connectivity index (χ3n) is 11.7. The summed E-state index contributed by atoms with van der Waals surface area (Å²) < 4.78 is 0. The van der Waals surface area contributed by atoms with Gasteiger partial charge in [-0.05, 0) is 117 Å². The normalized spacial score (nSPS) is 46.9. The van der Waals surface area contributed by atoms with E-state index in [9.17, 15) is 5.11 Å². The van der Waals surface area contributed by atoms with Crippen LogP contribution in [0.1, 0.15) is 113 Å². The van der Waals surface area contributed by atoms with E-state index in [4.69, 9.17) is 0 Å². The summed E-state index contributed by atoms with van der Waals surface area (Å²) in [5.41, 5.74) is 4.53. The Morgan fingerprint density at radius 3 is 2.45 bits per heavy atom. The summed E-state index contributed by atoms with van der Waals surface area (Å²) in [6.07, 6.45) is 16.5. The number of rotatable bonds is 4. The van der Waals surface area contributed by atoms with E-state index in [-0.39, 0.29) is 11.5 Å². The van der Waals surface area contributed by atoms with Gasteiger partial charge in [-0.15, -0.1) is 0 Å². The topological polar surface area (TPSA) is 20.2 Å². The highest BCUT2D eigenvalue weighted by atomic mass is 16.3. The molecule has 1 heteroatoms. The quantitative estimate of drug-likeness (QED) is 0.448. The molecule has 0 amide bonds. The summed E-state index contributed by atoms with van der Waals surface area (Å²) in [5.74, 6) is 3.02. The van der Waals surface area contributed by atoms with Gasteiger partial charge < -0.3 is 5.11 Å². The second-order valence-electron chi connectivity index (χ2n) is 13.7. The lowest BCUT2D eigenvalue weighted by atomic mass is 9.41. The van der Waals surface area contributed by atoms with Crippen LogP contribution in [0.2, 0.25) is 0 Å². The van der Waals surface area contributed by atoms with Gasteiger partial charge in [-0.1, -0.05) is 64.8 Å². The van der Waals surface area contributed by atoms with Gasteiger partial charge in [-0.3, -0.25) is 0 Å². The minimum absolute atomic E-state index is 0.0360. The minimum atomic E-state index is -0.137. The van der Waals surface area contributed by atoms with Crippen molar-refractivity contribution in [2.45, 2.75) is 119 Å². The average molecular weight is 427 g/mol. The standard InChI is InChI=1S/C30H50O/c1-20(2)10-9-11-21(3)22-14-18-30(8)24-12-13-25-27(4,5)26(31)16-17-28(25,6)23(24)15-19-29(22,30)7/h10,12,21-23,25-26,31H,9,11,13-19H2,1-8H3/t21-,22+,23-,25-,26-,28+,29-,30+/m0/s1. The van der Waals surface area contributed by atoms with E-state index in [2.05, 4.69) is 67.5 Å². The highest BCUT2D eigenvalue weighted by Crippen LogP contribution is 2.73. The highest BCUT2D eigenvalue weighted by Gasteiger charge is 2.65. The number of hydrogen-bond acceptors (Lipinski definition) is 1. The molecule has 31 heavy (non-hydrogen) atoms. The van der Waals surface area contributed by atoms with Crippen molar-refractivity contribution < 1.29 is 5.11 Å². The average Bonchev–Trinajstić information content (AvgIpc) is 2.96. The Hall–Kier alpha value is -0.560. The lowest BCUT2D eigenvalue weighted by molar-refractivity contribution is -0.131. The largest absolute Gasteiger partial charge is 0.393 e. The fourth-order valence-electron chi connectivity index (χ4n) is 9.49. The maximum atomic E-state index is 10.8. The van der Waals surface area contributed by atoms with Gasteiger partial charge in [0, 0.05) is 0 Å². The Morgan fingerprint density at radius 2 is 1.77 bits per heavy atom. The second-order valence-corrected chi connectivity index (χ2v) is 13.7. The van der Waals surface area contributed by atoms with Crippen LogP contribution < -0.4 is 0 Å². The first-order valence-electron chi connectivity index (χ1n) is 13.4. The SMILES string of the molecule is CC(C)=CCC[C@H](C)[C@H]1CC[C@]2(C)C3=CC[C@H]4C(C)(C)[C@@H](O)CC[C@]4(C)[C@H]3CC[C@@]12C. The number of hydrogen-bond donors (Lipinski definition) is 1. The third-order valence-corrected chi connectivity index (χ3v) is 11.7. The molecular weight excluding hydrogens is 376 g/mol. The van der Waals surface area contributed by atoms with Gasteiger partial charge in [0.1, 0.15) is 0 Å². The molecule has 0 bridgehead atoms. The molecule has 8 atom stereocenters. The number of allylic oxidation sites excluding steroid dienone is 4. The van der Waals surface area contributed by atoms with Crippen LogP contribution in [0.15, 0.2) is 23.3 Å². The summed E-state index contributed by atoms with van der Waals surface area (Å²) in [6.45, 7) is 19.6. The fraction of sp³-hybridized carbons (Fsp3) is 0.867. The molecule has 4 rings (SSSR count). The van der Waals surface area contributed by atoms with Crippen LogP contribution in [-0.2, 0) is 0 Å². The van der Waals surface area contributed by atoms with Crippen LogP contribution in [0, 0.1) is 45.3 Å². The summed E-state index contributed by atoms with van der Waals surface area (Å²) >= 11 is 0. The van der Waals surface area contributed by atoms with Crippen molar-refractivity contribution in [1.29, 1.82) is 0 Å². The summed E-state index contributed by atoms with van der Waals surface area (Å²) in [6, 6.07) is 0. The number of fused-ring (bicyclic) bond motifs is 5. The van der Waals surface area contributed by atoms with E-state index < -0.39 is 0 Å². The molecule has 0 unspecified atom stereocenters. The maximum Gasteiger partial charge on any atom is 0.0594 e. The molecule has 176 valence electrons. The van der Waals surface area contributed by atoms with Crippen LogP contribution in [-0.4, -0.2) is 11.2 Å². The molecule has 1 N–H and O–H groups in total. The molecule has 4 aliphatic rings. The van der Waals surface area contributed by atoms with Crippen molar-refractivity contribution in [3.8, 4) is 0 Å². The smallest absolute Gasteiger partial charge is 0.0594 e. The second kappa shape index (κ2) is 7.75. The van der Waals surface area contributed by atoms with Gasteiger partial charge in [0.05, 0.1) is 6.10 Å². The maximum absolute atomic E-state index is 10.8. The van der Waals surface area contributed by atoms with E-state index in [0.29, 0.717) is 22.2 Å². The predicted molar refractivity (Wildman–Crippen MR) is 133 cm³/mol. The van der Waals surface area contributed by atoms with Crippen LogP contribution >= 0.6 is 0 Å². The Labute approximate surface area is 193 Å². The van der Waals surface area contributed by atoms with E-state index >= 15 is 0 Å². The van der Waals surface area contributed by atoms with Gasteiger partial charge in [-0.2, -0.15) is 0 Å². The molecule has 0 aliphatic heterocycles. The first-order chi connectivity index (χ1) is 14.4. The van der Waals surface area contributed by atoms with Crippen LogP contribution in [0.5, 0.6) is 0 Å². The predicted octanol–water partition coefficient (Wildman–Crippen LogP) is 8.34. The third kappa shape index (κ3) is 3.34. The van der Waals surface area contributed by atoms with Gasteiger partial charge in [-0.25, -0.2) is 0 Å². The molecule has 3 saturated carbocycles. The van der Waals surface area contributed by atoms with Crippen molar-refractivity contribution in [2.75, 3.05) is 0 Å². The molecule has 0 aromatic carbocycles. The molecule has 0 spiro atoms. The summed E-state index contributed by atoms with van der Waals surface area (Å²) in [7, 11) is 0. The molecule has 0 radical (unpaired) electrons. The van der Waals surface area contributed by atoms with Crippen LogP contribution in [0.25, 0.3) is 0 Å². The number of aliphatic hydroxyl groups excluding tert-OH is 1. The van der Waals surface area contributed by atoms with Crippen molar-refractivity contribution in [3.63, 3.8) is 0 Å². The lowest BCUT2D eigenvalue weighted by Gasteiger charge is -2.64. The van der Waals surface area contributed by atoms with Crippen molar-refractivity contribution in [1.82, 2.24) is 0 Å². The molecule has 1 nitrogen and oxygen atoms in total. The van der Waals surface area contributed by atoms with Crippen molar-refractivity contribution >= 4 is 0 Å². The monoisotopic (exact) mass is 426 g/mol. The zero-order chi connectivity index (χ0) is 22.8. The van der Waals surface area contributed by atoms with Crippen molar-refractivity contribution in [3.05, 3.63) is 23.3 Å². The van der Waals surface area contributed by atoms with E-state index in [1.165, 1.54) is 56.9 Å². The minimum Gasteiger partial charge on any atom is -0.393 e. The molecule has 0 saturated heterocycles. The first-order valence-corrected chi connectivity index (χ1v) is 13.4. The molecule has 0 heterocycles. The fourth-order valence-corrected chi connectivity index (χ4v) is 9.49. The van der Waals surface area contributed by atoms with E-state index in [0.717, 1.165) is 24.2 Å².